The smallest absolute Gasteiger partial charge is 0.217 e. The lowest BCUT2D eigenvalue weighted by Gasteiger charge is -2.19. The van der Waals surface area contributed by atoms with Crippen LogP contribution in [0.4, 0.5) is 5.69 Å². The van der Waals surface area contributed by atoms with Gasteiger partial charge in [-0.05, 0) is 40.5 Å². The summed E-state index contributed by atoms with van der Waals surface area (Å²) in [5.41, 5.74) is 1.72. The number of carbonyl (C=O) groups excluding carboxylic acids is 2. The standard InChI is InChI=1S/C13H15BrN2O2/c1-9(18)15-11-4-5-16(7-11)12-3-2-10(8-17)13(14)6-12/h2-3,6,8,11H,4-5,7H2,1H3,(H,15,18). The van der Waals surface area contributed by atoms with Crippen LogP contribution in [-0.2, 0) is 4.79 Å². The maximum atomic E-state index is 11.0. The highest BCUT2D eigenvalue weighted by Gasteiger charge is 2.23. The highest BCUT2D eigenvalue weighted by atomic mass is 79.9. The van der Waals surface area contributed by atoms with E-state index in [-0.39, 0.29) is 11.9 Å². The highest BCUT2D eigenvalue weighted by molar-refractivity contribution is 9.10. The number of hydrogen-bond donors (Lipinski definition) is 1. The Kier molecular flexibility index (Phi) is 4.01. The largest absolute Gasteiger partial charge is 0.369 e. The number of nitrogens with zero attached hydrogens (tertiary/aromatic N) is 1. The zero-order chi connectivity index (χ0) is 13.1. The summed E-state index contributed by atoms with van der Waals surface area (Å²) in [5.74, 6) is 0.0133. The minimum absolute atomic E-state index is 0.0133. The second-order valence-corrected chi connectivity index (χ2v) is 5.31. The van der Waals surface area contributed by atoms with Crippen molar-refractivity contribution in [3.63, 3.8) is 0 Å². The van der Waals surface area contributed by atoms with E-state index < -0.39 is 0 Å². The number of carbonyl (C=O) groups is 2. The Morgan fingerprint density at radius 3 is 2.94 bits per heavy atom. The first-order valence-corrected chi connectivity index (χ1v) is 6.66. The fourth-order valence-electron chi connectivity index (χ4n) is 2.21. The SMILES string of the molecule is CC(=O)NC1CCN(c2ccc(C=O)c(Br)c2)C1. The van der Waals surface area contributed by atoms with Crippen molar-refractivity contribution >= 4 is 33.8 Å². The summed E-state index contributed by atoms with van der Waals surface area (Å²) in [4.78, 5) is 24.0. The Labute approximate surface area is 114 Å². The van der Waals surface area contributed by atoms with Gasteiger partial charge >= 0.3 is 0 Å². The van der Waals surface area contributed by atoms with Crippen molar-refractivity contribution in [2.45, 2.75) is 19.4 Å². The Hall–Kier alpha value is -1.36. The van der Waals surface area contributed by atoms with Crippen molar-refractivity contribution in [3.05, 3.63) is 28.2 Å². The molecule has 96 valence electrons. The molecule has 4 nitrogen and oxygen atoms in total. The van der Waals surface area contributed by atoms with Crippen LogP contribution >= 0.6 is 15.9 Å². The minimum Gasteiger partial charge on any atom is -0.369 e. The van der Waals surface area contributed by atoms with E-state index in [1.165, 1.54) is 6.92 Å². The molecule has 1 fully saturated rings. The molecule has 0 spiro atoms. The van der Waals surface area contributed by atoms with Crippen LogP contribution in [0.5, 0.6) is 0 Å². The highest BCUT2D eigenvalue weighted by Crippen LogP contribution is 2.26. The van der Waals surface area contributed by atoms with Gasteiger partial charge < -0.3 is 10.2 Å². The molecule has 1 unspecified atom stereocenters. The number of anilines is 1. The van der Waals surface area contributed by atoms with Crippen LogP contribution in [-0.4, -0.2) is 31.3 Å². The summed E-state index contributed by atoms with van der Waals surface area (Å²) in [7, 11) is 0. The van der Waals surface area contributed by atoms with Crippen LogP contribution in [0.3, 0.4) is 0 Å². The third kappa shape index (κ3) is 2.90. The van der Waals surface area contributed by atoms with E-state index in [4.69, 9.17) is 0 Å². The predicted octanol–water partition coefficient (Wildman–Crippen LogP) is 1.98. The number of hydrogen-bond acceptors (Lipinski definition) is 3. The molecule has 18 heavy (non-hydrogen) atoms. The van der Waals surface area contributed by atoms with Gasteiger partial charge in [-0.2, -0.15) is 0 Å². The van der Waals surface area contributed by atoms with Crippen molar-refractivity contribution in [2.75, 3.05) is 18.0 Å². The first-order valence-electron chi connectivity index (χ1n) is 5.87. The van der Waals surface area contributed by atoms with Gasteiger partial charge in [0.05, 0.1) is 0 Å². The fourth-order valence-corrected chi connectivity index (χ4v) is 2.67. The van der Waals surface area contributed by atoms with Gasteiger partial charge in [0.15, 0.2) is 6.29 Å². The van der Waals surface area contributed by atoms with Crippen molar-refractivity contribution in [1.82, 2.24) is 5.32 Å². The number of benzene rings is 1. The van der Waals surface area contributed by atoms with Gasteiger partial charge in [0.1, 0.15) is 0 Å². The molecular weight excluding hydrogens is 296 g/mol. The van der Waals surface area contributed by atoms with Gasteiger partial charge in [-0.25, -0.2) is 0 Å². The minimum atomic E-state index is 0.0133. The quantitative estimate of drug-likeness (QED) is 0.869. The molecular formula is C13H15BrN2O2. The molecule has 1 aliphatic heterocycles. The summed E-state index contributed by atoms with van der Waals surface area (Å²) in [5, 5.41) is 2.93. The van der Waals surface area contributed by atoms with Crippen LogP contribution in [0.15, 0.2) is 22.7 Å². The van der Waals surface area contributed by atoms with Crippen LogP contribution < -0.4 is 10.2 Å². The monoisotopic (exact) mass is 310 g/mol. The molecule has 0 aliphatic carbocycles. The average molecular weight is 311 g/mol. The second kappa shape index (κ2) is 5.52. The molecule has 1 N–H and O–H groups in total. The number of rotatable bonds is 3. The van der Waals surface area contributed by atoms with E-state index in [9.17, 15) is 9.59 Å². The molecule has 0 radical (unpaired) electrons. The Balaban J connectivity index is 2.07. The van der Waals surface area contributed by atoms with Crippen LogP contribution in [0.25, 0.3) is 0 Å². The van der Waals surface area contributed by atoms with Crippen molar-refractivity contribution in [1.29, 1.82) is 0 Å². The number of amides is 1. The average Bonchev–Trinajstić information content (AvgIpc) is 2.76. The summed E-state index contributed by atoms with van der Waals surface area (Å²) in [6, 6.07) is 5.90. The summed E-state index contributed by atoms with van der Waals surface area (Å²) >= 11 is 3.38. The summed E-state index contributed by atoms with van der Waals surface area (Å²) < 4.78 is 0.804. The first kappa shape index (κ1) is 13.1. The third-order valence-electron chi connectivity index (χ3n) is 3.07. The lowest BCUT2D eigenvalue weighted by atomic mass is 10.2. The van der Waals surface area contributed by atoms with Gasteiger partial charge in [0.25, 0.3) is 0 Å². The van der Waals surface area contributed by atoms with E-state index in [0.717, 1.165) is 36.0 Å². The Morgan fingerprint density at radius 2 is 2.33 bits per heavy atom. The molecule has 1 aromatic carbocycles. The predicted molar refractivity (Wildman–Crippen MR) is 74.0 cm³/mol. The van der Waals surface area contributed by atoms with Gasteiger partial charge in [0, 0.05) is 41.8 Å². The molecule has 2 rings (SSSR count). The first-order chi connectivity index (χ1) is 8.60. The van der Waals surface area contributed by atoms with Crippen molar-refractivity contribution < 1.29 is 9.59 Å². The fraction of sp³-hybridized carbons (Fsp3) is 0.385. The molecule has 1 saturated heterocycles. The molecule has 0 bridgehead atoms. The normalized spacial score (nSPS) is 18.8. The van der Waals surface area contributed by atoms with E-state index in [2.05, 4.69) is 26.1 Å². The van der Waals surface area contributed by atoms with E-state index in [1.54, 1.807) is 6.07 Å². The maximum Gasteiger partial charge on any atom is 0.217 e. The van der Waals surface area contributed by atoms with Gasteiger partial charge in [-0.3, -0.25) is 9.59 Å². The molecule has 1 heterocycles. The van der Waals surface area contributed by atoms with Crippen LogP contribution in [0.2, 0.25) is 0 Å². The van der Waals surface area contributed by atoms with Gasteiger partial charge in [-0.15, -0.1) is 0 Å². The number of nitrogens with one attached hydrogen (secondary N) is 1. The van der Waals surface area contributed by atoms with E-state index >= 15 is 0 Å². The zero-order valence-electron chi connectivity index (χ0n) is 10.1. The lowest BCUT2D eigenvalue weighted by molar-refractivity contribution is -0.119. The molecule has 1 aromatic rings. The number of halogens is 1. The second-order valence-electron chi connectivity index (χ2n) is 4.46. The molecule has 1 aliphatic rings. The Morgan fingerprint density at radius 1 is 1.56 bits per heavy atom. The molecule has 1 atom stereocenters. The van der Waals surface area contributed by atoms with Crippen molar-refractivity contribution in [3.8, 4) is 0 Å². The third-order valence-corrected chi connectivity index (χ3v) is 3.76. The van der Waals surface area contributed by atoms with Crippen LogP contribution in [0.1, 0.15) is 23.7 Å². The molecule has 5 heteroatoms. The van der Waals surface area contributed by atoms with Crippen LogP contribution in [0, 0.1) is 0 Å². The summed E-state index contributed by atoms with van der Waals surface area (Å²) in [6.07, 6.45) is 1.78. The van der Waals surface area contributed by atoms with Gasteiger partial charge in [0.2, 0.25) is 5.91 Å². The lowest BCUT2D eigenvalue weighted by Crippen LogP contribution is -2.35. The van der Waals surface area contributed by atoms with E-state index in [0.29, 0.717) is 5.56 Å². The molecule has 0 saturated carbocycles. The number of aldehydes is 1. The molecule has 0 aromatic heterocycles. The Bertz CT molecular complexity index is 476. The summed E-state index contributed by atoms with van der Waals surface area (Å²) in [6.45, 7) is 3.27. The molecule has 1 amide bonds. The van der Waals surface area contributed by atoms with Crippen molar-refractivity contribution in [2.24, 2.45) is 0 Å². The topological polar surface area (TPSA) is 49.4 Å². The maximum absolute atomic E-state index is 11.0. The van der Waals surface area contributed by atoms with E-state index in [1.807, 2.05) is 12.1 Å². The van der Waals surface area contributed by atoms with Gasteiger partial charge in [-0.1, -0.05) is 0 Å². The zero-order valence-corrected chi connectivity index (χ0v) is 11.7.